The Labute approximate surface area is 108 Å². The summed E-state index contributed by atoms with van der Waals surface area (Å²) in [6.07, 6.45) is 1.31. The van der Waals surface area contributed by atoms with Crippen LogP contribution in [0, 0.1) is 0 Å². The maximum Gasteiger partial charge on any atom is 0.242 e. The van der Waals surface area contributed by atoms with E-state index in [1.54, 1.807) is 12.1 Å². The summed E-state index contributed by atoms with van der Waals surface area (Å²) in [6, 6.07) is 4.59. The highest BCUT2D eigenvalue weighted by atomic mass is 79.9. The zero-order chi connectivity index (χ0) is 12.7. The lowest BCUT2D eigenvalue weighted by molar-refractivity contribution is 0.246. The van der Waals surface area contributed by atoms with Crippen molar-refractivity contribution in [3.05, 3.63) is 22.7 Å². The second-order valence-electron chi connectivity index (χ2n) is 4.23. The third-order valence-corrected chi connectivity index (χ3v) is 5.32. The van der Waals surface area contributed by atoms with Crippen molar-refractivity contribution in [1.82, 2.24) is 4.72 Å². The van der Waals surface area contributed by atoms with Crippen LogP contribution in [0.5, 0.6) is 0 Å². The molecule has 0 unspecified atom stereocenters. The topological polar surface area (TPSA) is 92.4 Å². The van der Waals surface area contributed by atoms with E-state index in [0.717, 1.165) is 0 Å². The molecule has 0 atom stereocenters. The summed E-state index contributed by atoms with van der Waals surface area (Å²) in [5, 5.41) is 9.13. The van der Waals surface area contributed by atoms with E-state index < -0.39 is 15.6 Å². The van der Waals surface area contributed by atoms with Gasteiger partial charge in [-0.25, -0.2) is 13.1 Å². The Morgan fingerprint density at radius 2 is 2.12 bits per heavy atom. The number of nitrogen functional groups attached to an aromatic ring is 1. The van der Waals surface area contributed by atoms with E-state index >= 15 is 0 Å². The molecule has 1 aliphatic rings. The standard InChI is InChI=1S/C10H13BrN2O3S/c11-8-2-1-7(12)5-9(8)17(15,16)13-10(6-14)3-4-10/h1-2,5,13-14H,3-4,6,12H2. The molecule has 1 aromatic carbocycles. The highest BCUT2D eigenvalue weighted by Crippen LogP contribution is 2.37. The lowest BCUT2D eigenvalue weighted by Crippen LogP contribution is -2.39. The van der Waals surface area contributed by atoms with Gasteiger partial charge in [0.25, 0.3) is 0 Å². The SMILES string of the molecule is Nc1ccc(Br)c(S(=O)(=O)NC2(CO)CC2)c1. The average Bonchev–Trinajstić information content (AvgIpc) is 3.01. The maximum atomic E-state index is 12.1. The van der Waals surface area contributed by atoms with Crippen LogP contribution < -0.4 is 10.5 Å². The number of aliphatic hydroxyl groups excluding tert-OH is 1. The quantitative estimate of drug-likeness (QED) is 0.717. The van der Waals surface area contributed by atoms with E-state index in [2.05, 4.69) is 20.7 Å². The molecule has 0 heterocycles. The molecule has 5 nitrogen and oxygen atoms in total. The Kier molecular flexibility index (Phi) is 3.19. The minimum Gasteiger partial charge on any atom is -0.399 e. The lowest BCUT2D eigenvalue weighted by Gasteiger charge is -2.15. The third kappa shape index (κ3) is 2.62. The highest BCUT2D eigenvalue weighted by Gasteiger charge is 2.45. The number of halogens is 1. The van der Waals surface area contributed by atoms with Crippen LogP contribution in [-0.2, 0) is 10.0 Å². The molecule has 0 aromatic heterocycles. The Balaban J connectivity index is 2.35. The van der Waals surface area contributed by atoms with Gasteiger partial charge in [-0.2, -0.15) is 0 Å². The van der Waals surface area contributed by atoms with Crippen molar-refractivity contribution in [3.63, 3.8) is 0 Å². The molecule has 1 saturated carbocycles. The van der Waals surface area contributed by atoms with Crippen LogP contribution in [0.4, 0.5) is 5.69 Å². The Morgan fingerprint density at radius 1 is 1.47 bits per heavy atom. The molecule has 7 heteroatoms. The molecular weight excluding hydrogens is 308 g/mol. The molecule has 1 aliphatic carbocycles. The van der Waals surface area contributed by atoms with Gasteiger partial charge in [0.05, 0.1) is 17.0 Å². The molecule has 0 spiro atoms. The summed E-state index contributed by atoms with van der Waals surface area (Å²) in [5.74, 6) is 0. The van der Waals surface area contributed by atoms with Gasteiger partial charge in [0.1, 0.15) is 0 Å². The highest BCUT2D eigenvalue weighted by molar-refractivity contribution is 9.10. The number of sulfonamides is 1. The van der Waals surface area contributed by atoms with E-state index in [1.165, 1.54) is 6.07 Å². The Hall–Kier alpha value is -0.630. The number of aliphatic hydroxyl groups is 1. The number of nitrogens with one attached hydrogen (secondary N) is 1. The number of benzene rings is 1. The van der Waals surface area contributed by atoms with Crippen LogP contribution in [-0.4, -0.2) is 25.7 Å². The number of anilines is 1. The van der Waals surface area contributed by atoms with Crippen LogP contribution >= 0.6 is 15.9 Å². The fourth-order valence-electron chi connectivity index (χ4n) is 1.51. The summed E-state index contributed by atoms with van der Waals surface area (Å²) in [7, 11) is -3.66. The van der Waals surface area contributed by atoms with Gasteiger partial charge in [0.2, 0.25) is 10.0 Å². The monoisotopic (exact) mass is 320 g/mol. The van der Waals surface area contributed by atoms with E-state index in [4.69, 9.17) is 10.8 Å². The van der Waals surface area contributed by atoms with Crippen molar-refractivity contribution in [2.75, 3.05) is 12.3 Å². The van der Waals surface area contributed by atoms with Crippen LogP contribution in [0.2, 0.25) is 0 Å². The number of rotatable bonds is 4. The Morgan fingerprint density at radius 3 is 2.65 bits per heavy atom. The predicted octanol–water partition coefficient (Wildman–Crippen LogP) is 0.835. The summed E-state index contributed by atoms with van der Waals surface area (Å²) in [4.78, 5) is 0.0947. The summed E-state index contributed by atoms with van der Waals surface area (Å²) < 4.78 is 27.2. The fourth-order valence-corrected chi connectivity index (χ4v) is 3.96. The molecule has 0 saturated heterocycles. The summed E-state index contributed by atoms with van der Waals surface area (Å²) in [5.41, 5.74) is 5.27. The molecule has 94 valence electrons. The van der Waals surface area contributed by atoms with Crippen molar-refractivity contribution < 1.29 is 13.5 Å². The zero-order valence-electron chi connectivity index (χ0n) is 8.98. The second kappa shape index (κ2) is 4.24. The van der Waals surface area contributed by atoms with Gasteiger partial charge in [0.15, 0.2) is 0 Å². The molecular formula is C10H13BrN2O3S. The van der Waals surface area contributed by atoms with Crippen LogP contribution in [0.1, 0.15) is 12.8 Å². The van der Waals surface area contributed by atoms with Crippen molar-refractivity contribution in [2.45, 2.75) is 23.3 Å². The van der Waals surface area contributed by atoms with Gasteiger partial charge >= 0.3 is 0 Å². The van der Waals surface area contributed by atoms with Crippen LogP contribution in [0.25, 0.3) is 0 Å². The third-order valence-electron chi connectivity index (χ3n) is 2.75. The van der Waals surface area contributed by atoms with Gasteiger partial charge in [-0.3, -0.25) is 0 Å². The Bertz CT molecular complexity index is 540. The number of hydrogen-bond acceptors (Lipinski definition) is 4. The smallest absolute Gasteiger partial charge is 0.242 e. The molecule has 0 radical (unpaired) electrons. The van der Waals surface area contributed by atoms with Gasteiger partial charge in [-0.1, -0.05) is 0 Å². The molecule has 1 aromatic rings. The van der Waals surface area contributed by atoms with Crippen LogP contribution in [0.15, 0.2) is 27.6 Å². The maximum absolute atomic E-state index is 12.1. The summed E-state index contributed by atoms with van der Waals surface area (Å²) >= 11 is 3.18. The predicted molar refractivity (Wildman–Crippen MR) is 67.9 cm³/mol. The second-order valence-corrected chi connectivity index (χ2v) is 6.74. The van der Waals surface area contributed by atoms with Gasteiger partial charge < -0.3 is 10.8 Å². The molecule has 0 bridgehead atoms. The minimum absolute atomic E-state index is 0.0947. The normalized spacial score (nSPS) is 18.0. The van der Waals surface area contributed by atoms with Crippen molar-refractivity contribution >= 4 is 31.6 Å². The number of nitrogens with two attached hydrogens (primary N) is 1. The fraction of sp³-hybridized carbons (Fsp3) is 0.400. The van der Waals surface area contributed by atoms with E-state index in [0.29, 0.717) is 23.0 Å². The lowest BCUT2D eigenvalue weighted by atomic mass is 10.3. The number of hydrogen-bond donors (Lipinski definition) is 3. The average molecular weight is 321 g/mol. The molecule has 2 rings (SSSR count). The van der Waals surface area contributed by atoms with E-state index in [1.807, 2.05) is 0 Å². The first-order valence-corrected chi connectivity index (χ1v) is 7.36. The molecule has 0 amide bonds. The van der Waals surface area contributed by atoms with E-state index in [9.17, 15) is 8.42 Å². The van der Waals surface area contributed by atoms with Crippen molar-refractivity contribution in [1.29, 1.82) is 0 Å². The van der Waals surface area contributed by atoms with Gasteiger partial charge in [-0.05, 0) is 47.0 Å². The minimum atomic E-state index is -3.66. The first-order valence-electron chi connectivity index (χ1n) is 5.08. The molecule has 1 fully saturated rings. The molecule has 4 N–H and O–H groups in total. The summed E-state index contributed by atoms with van der Waals surface area (Å²) in [6.45, 7) is -0.188. The molecule has 0 aliphatic heterocycles. The van der Waals surface area contributed by atoms with Gasteiger partial charge in [0, 0.05) is 10.2 Å². The van der Waals surface area contributed by atoms with Crippen molar-refractivity contribution in [2.24, 2.45) is 0 Å². The molecule has 17 heavy (non-hydrogen) atoms. The van der Waals surface area contributed by atoms with Gasteiger partial charge in [-0.15, -0.1) is 0 Å². The van der Waals surface area contributed by atoms with E-state index in [-0.39, 0.29) is 11.5 Å². The van der Waals surface area contributed by atoms with Crippen LogP contribution in [0.3, 0.4) is 0 Å². The first-order chi connectivity index (χ1) is 7.88. The first kappa shape index (κ1) is 12.8. The largest absolute Gasteiger partial charge is 0.399 e. The zero-order valence-corrected chi connectivity index (χ0v) is 11.4. The van der Waals surface area contributed by atoms with Crippen molar-refractivity contribution in [3.8, 4) is 0 Å².